The lowest BCUT2D eigenvalue weighted by atomic mass is 10.0. The van der Waals surface area contributed by atoms with E-state index in [0.717, 1.165) is 12.5 Å². The van der Waals surface area contributed by atoms with Gasteiger partial charge in [0.1, 0.15) is 12.1 Å². The molecule has 0 saturated heterocycles. The van der Waals surface area contributed by atoms with E-state index in [1.54, 1.807) is 30.3 Å². The molecular weight excluding hydrogens is 378 g/mol. The van der Waals surface area contributed by atoms with Crippen LogP contribution in [-0.2, 0) is 25.6 Å². The van der Waals surface area contributed by atoms with E-state index in [4.69, 9.17) is 11.1 Å². The molecule has 0 aliphatic rings. The fourth-order valence-corrected chi connectivity index (χ4v) is 2.87. The van der Waals surface area contributed by atoms with Crippen molar-refractivity contribution in [3.8, 4) is 0 Å². The van der Waals surface area contributed by atoms with Crippen LogP contribution < -0.4 is 16.4 Å². The number of carbonyl (C=O) groups is 4. The van der Waals surface area contributed by atoms with Crippen LogP contribution in [0.4, 0.5) is 0 Å². The molecule has 29 heavy (non-hydrogen) atoms. The van der Waals surface area contributed by atoms with Gasteiger partial charge in [-0.15, -0.1) is 0 Å². The van der Waals surface area contributed by atoms with Crippen molar-refractivity contribution < 1.29 is 24.3 Å². The molecule has 10 nitrogen and oxygen atoms in total. The lowest BCUT2D eigenvalue weighted by molar-refractivity contribution is -0.158. The highest BCUT2D eigenvalue weighted by Crippen LogP contribution is 2.13. The predicted molar refractivity (Wildman–Crippen MR) is 106 cm³/mol. The molecule has 0 radical (unpaired) electrons. The minimum Gasteiger partial charge on any atom is -0.480 e. The maximum Gasteiger partial charge on any atom is 0.326 e. The van der Waals surface area contributed by atoms with Gasteiger partial charge in [0.05, 0.1) is 0 Å². The van der Waals surface area contributed by atoms with Gasteiger partial charge in [-0.1, -0.05) is 30.3 Å². The molecule has 1 aromatic rings. The van der Waals surface area contributed by atoms with Gasteiger partial charge in [0.2, 0.25) is 11.8 Å². The number of aliphatic carboxylic acids is 1. The van der Waals surface area contributed by atoms with E-state index < -0.39 is 35.8 Å². The number of carboxylic acid groups (broad SMARTS) is 1. The number of nitrogens with one attached hydrogen (secondary N) is 3. The van der Waals surface area contributed by atoms with Crippen LogP contribution in [0.15, 0.2) is 30.3 Å². The second-order valence-electron chi connectivity index (χ2n) is 6.51. The summed E-state index contributed by atoms with van der Waals surface area (Å²) in [6.07, 6.45) is 0.345. The third-order valence-electron chi connectivity index (χ3n) is 4.10. The largest absolute Gasteiger partial charge is 0.480 e. The quantitative estimate of drug-likeness (QED) is 0.205. The topological polar surface area (TPSA) is 166 Å². The highest BCUT2D eigenvalue weighted by molar-refractivity contribution is 6.01. The van der Waals surface area contributed by atoms with Gasteiger partial charge in [0.25, 0.3) is 5.91 Å². The zero-order valence-electron chi connectivity index (χ0n) is 16.5. The second-order valence-corrected chi connectivity index (χ2v) is 6.51. The molecule has 2 atom stereocenters. The molecule has 0 fully saturated rings. The third-order valence-corrected chi connectivity index (χ3v) is 4.10. The Labute approximate surface area is 169 Å². The first-order valence-electron chi connectivity index (χ1n) is 9.08. The fourth-order valence-electron chi connectivity index (χ4n) is 2.87. The number of nitrogens with two attached hydrogens (primary N) is 1. The standard InChI is InChI=1S/C19H27N5O5/c1-12(25)23-15(11-14-7-4-3-5-8-14)17(27)24(13(2)26)16(18(28)29)9-6-10-22-19(20)21/h3-5,7-8,15-16H,6,9-11H2,1-2H3,(H,23,25)(H,28,29)(H4,20,21,22)/t15-,16-/m0/s1. The van der Waals surface area contributed by atoms with Gasteiger partial charge in [0.15, 0.2) is 5.96 Å². The SMILES string of the molecule is CC(=O)N[C@@H](Cc1ccccc1)C(=O)N(C(C)=O)[C@@H](CCCNC(=N)N)C(=O)O. The lowest BCUT2D eigenvalue weighted by Crippen LogP contribution is -2.56. The van der Waals surface area contributed by atoms with Crippen molar-refractivity contribution in [1.82, 2.24) is 15.5 Å². The summed E-state index contributed by atoms with van der Waals surface area (Å²) >= 11 is 0. The molecule has 3 amide bonds. The lowest BCUT2D eigenvalue weighted by Gasteiger charge is -2.30. The maximum atomic E-state index is 13.1. The summed E-state index contributed by atoms with van der Waals surface area (Å²) in [4.78, 5) is 49.3. The van der Waals surface area contributed by atoms with Gasteiger partial charge in [-0.2, -0.15) is 0 Å². The van der Waals surface area contributed by atoms with Gasteiger partial charge in [-0.05, 0) is 18.4 Å². The second kappa shape index (κ2) is 11.4. The number of guanidine groups is 1. The zero-order valence-corrected chi connectivity index (χ0v) is 16.5. The fraction of sp³-hybridized carbons (Fsp3) is 0.421. The molecule has 0 spiro atoms. The van der Waals surface area contributed by atoms with Gasteiger partial charge >= 0.3 is 5.97 Å². The summed E-state index contributed by atoms with van der Waals surface area (Å²) in [6, 6.07) is 6.39. The Balaban J connectivity index is 3.06. The van der Waals surface area contributed by atoms with E-state index in [1.807, 2.05) is 0 Å². The molecule has 1 aromatic carbocycles. The molecule has 0 aliphatic heterocycles. The van der Waals surface area contributed by atoms with Crippen LogP contribution in [0.2, 0.25) is 0 Å². The molecule has 1 rings (SSSR count). The number of rotatable bonds is 10. The van der Waals surface area contributed by atoms with E-state index in [-0.39, 0.29) is 31.8 Å². The summed E-state index contributed by atoms with van der Waals surface area (Å²) in [7, 11) is 0. The Morgan fingerprint density at radius 2 is 1.79 bits per heavy atom. The summed E-state index contributed by atoms with van der Waals surface area (Å²) < 4.78 is 0. The highest BCUT2D eigenvalue weighted by Gasteiger charge is 2.36. The number of carbonyl (C=O) groups excluding carboxylic acids is 3. The van der Waals surface area contributed by atoms with Crippen LogP contribution in [0, 0.1) is 5.41 Å². The van der Waals surface area contributed by atoms with E-state index in [1.165, 1.54) is 6.92 Å². The smallest absolute Gasteiger partial charge is 0.326 e. The number of hydrogen-bond donors (Lipinski definition) is 5. The summed E-state index contributed by atoms with van der Waals surface area (Å²) in [5.74, 6) is -3.59. The molecule has 0 saturated carbocycles. The Hall–Kier alpha value is -3.43. The normalized spacial score (nSPS) is 12.3. The average molecular weight is 405 g/mol. The minimum absolute atomic E-state index is 0.0287. The highest BCUT2D eigenvalue weighted by atomic mass is 16.4. The van der Waals surface area contributed by atoms with Crippen molar-refractivity contribution in [2.24, 2.45) is 5.73 Å². The van der Waals surface area contributed by atoms with Crippen LogP contribution in [0.5, 0.6) is 0 Å². The number of hydrogen-bond acceptors (Lipinski definition) is 5. The van der Waals surface area contributed by atoms with Crippen molar-refractivity contribution in [3.05, 3.63) is 35.9 Å². The number of carboxylic acids is 1. The maximum absolute atomic E-state index is 13.1. The average Bonchev–Trinajstić information content (AvgIpc) is 2.63. The summed E-state index contributed by atoms with van der Waals surface area (Å²) in [5.41, 5.74) is 5.93. The predicted octanol–water partition coefficient (Wildman–Crippen LogP) is -0.175. The van der Waals surface area contributed by atoms with Crippen molar-refractivity contribution >= 4 is 29.7 Å². The van der Waals surface area contributed by atoms with E-state index >= 15 is 0 Å². The van der Waals surface area contributed by atoms with Crippen LogP contribution in [-0.4, -0.2) is 58.3 Å². The number of benzene rings is 1. The number of imide groups is 1. The minimum atomic E-state index is -1.40. The van der Waals surface area contributed by atoms with Crippen LogP contribution in [0.25, 0.3) is 0 Å². The van der Waals surface area contributed by atoms with Crippen molar-refractivity contribution in [3.63, 3.8) is 0 Å². The van der Waals surface area contributed by atoms with Crippen LogP contribution >= 0.6 is 0 Å². The molecular formula is C19H27N5O5. The molecule has 0 bridgehead atoms. The van der Waals surface area contributed by atoms with Crippen molar-refractivity contribution in [2.45, 2.75) is 45.2 Å². The molecule has 0 heterocycles. The summed E-state index contributed by atoms with van der Waals surface area (Å²) in [5, 5.41) is 21.7. The summed E-state index contributed by atoms with van der Waals surface area (Å²) in [6.45, 7) is 2.57. The van der Waals surface area contributed by atoms with Gasteiger partial charge in [-0.25, -0.2) is 4.79 Å². The Bertz CT molecular complexity index is 753. The van der Waals surface area contributed by atoms with Gasteiger partial charge < -0.3 is 21.5 Å². The first-order valence-corrected chi connectivity index (χ1v) is 9.08. The first-order chi connectivity index (χ1) is 13.6. The molecule has 158 valence electrons. The molecule has 10 heteroatoms. The molecule has 6 N–H and O–H groups in total. The monoisotopic (exact) mass is 405 g/mol. The van der Waals surface area contributed by atoms with E-state index in [2.05, 4.69) is 10.6 Å². The zero-order chi connectivity index (χ0) is 22.0. The third kappa shape index (κ3) is 7.99. The molecule has 0 aromatic heterocycles. The first kappa shape index (κ1) is 23.6. The van der Waals surface area contributed by atoms with Crippen LogP contribution in [0.3, 0.4) is 0 Å². The Morgan fingerprint density at radius 1 is 1.17 bits per heavy atom. The molecule has 0 unspecified atom stereocenters. The van der Waals surface area contributed by atoms with Crippen LogP contribution in [0.1, 0.15) is 32.3 Å². The van der Waals surface area contributed by atoms with Gasteiger partial charge in [0, 0.05) is 26.8 Å². The van der Waals surface area contributed by atoms with Crippen molar-refractivity contribution in [1.29, 1.82) is 5.41 Å². The number of nitrogens with zero attached hydrogens (tertiary/aromatic N) is 1. The Morgan fingerprint density at radius 3 is 2.28 bits per heavy atom. The molecule has 0 aliphatic carbocycles. The van der Waals surface area contributed by atoms with E-state index in [9.17, 15) is 24.3 Å². The van der Waals surface area contributed by atoms with Crippen molar-refractivity contribution in [2.75, 3.05) is 6.54 Å². The van der Waals surface area contributed by atoms with E-state index in [0.29, 0.717) is 4.90 Å². The Kier molecular flexibility index (Phi) is 9.30. The number of amides is 3. The van der Waals surface area contributed by atoms with Gasteiger partial charge in [-0.3, -0.25) is 24.7 Å².